The molecule has 0 saturated carbocycles. The van der Waals surface area contributed by atoms with E-state index in [0.29, 0.717) is 0 Å². The van der Waals surface area contributed by atoms with Crippen LogP contribution in [0.3, 0.4) is 0 Å². The maximum atomic E-state index is 11.0. The van der Waals surface area contributed by atoms with E-state index in [4.69, 9.17) is 10.9 Å². The zero-order valence-electron chi connectivity index (χ0n) is 7.25. The SMILES string of the molecule is CC(Sc1nncc(=O)n1N)C(=O)O. The van der Waals surface area contributed by atoms with Gasteiger partial charge in [-0.05, 0) is 6.92 Å². The van der Waals surface area contributed by atoms with Gasteiger partial charge in [0.15, 0.2) is 0 Å². The molecule has 0 saturated heterocycles. The van der Waals surface area contributed by atoms with Gasteiger partial charge in [0, 0.05) is 0 Å². The molecule has 1 aromatic rings. The predicted octanol–water partition coefficient (Wildman–Crippen LogP) is -1.08. The summed E-state index contributed by atoms with van der Waals surface area (Å²) in [5.74, 6) is 4.31. The minimum atomic E-state index is -1.01. The molecule has 0 aliphatic heterocycles. The van der Waals surface area contributed by atoms with Gasteiger partial charge in [-0.15, -0.1) is 5.10 Å². The Kier molecular flexibility index (Phi) is 3.07. The molecule has 1 heterocycles. The van der Waals surface area contributed by atoms with Crippen molar-refractivity contribution in [3.63, 3.8) is 0 Å². The molecule has 0 aliphatic carbocycles. The first-order valence-corrected chi connectivity index (χ1v) is 4.49. The lowest BCUT2D eigenvalue weighted by Gasteiger charge is -2.06. The summed E-state index contributed by atoms with van der Waals surface area (Å²) in [5, 5.41) is 14.9. The number of hydrogen-bond donors (Lipinski definition) is 2. The highest BCUT2D eigenvalue weighted by molar-refractivity contribution is 8.00. The summed E-state index contributed by atoms with van der Waals surface area (Å²) in [7, 11) is 0. The van der Waals surface area contributed by atoms with Crippen molar-refractivity contribution in [3.8, 4) is 0 Å². The zero-order valence-corrected chi connectivity index (χ0v) is 8.06. The van der Waals surface area contributed by atoms with E-state index in [9.17, 15) is 9.59 Å². The summed E-state index contributed by atoms with van der Waals surface area (Å²) in [4.78, 5) is 21.5. The quantitative estimate of drug-likeness (QED) is 0.488. The molecule has 3 N–H and O–H groups in total. The van der Waals surface area contributed by atoms with Crippen LogP contribution in [0.1, 0.15) is 6.92 Å². The monoisotopic (exact) mass is 216 g/mol. The normalized spacial score (nSPS) is 12.4. The second-order valence-electron chi connectivity index (χ2n) is 2.43. The number of thioether (sulfide) groups is 1. The molecule has 76 valence electrons. The van der Waals surface area contributed by atoms with E-state index in [-0.39, 0.29) is 5.16 Å². The molecule has 14 heavy (non-hydrogen) atoms. The molecule has 0 bridgehead atoms. The largest absolute Gasteiger partial charge is 0.480 e. The lowest BCUT2D eigenvalue weighted by atomic mass is 10.5. The standard InChI is InChI=1S/C6H8N4O3S/c1-3(5(12)13)14-6-9-8-2-4(11)10(6)7/h2-3H,7H2,1H3,(H,12,13). The average Bonchev–Trinajstić information content (AvgIpc) is 2.12. The van der Waals surface area contributed by atoms with Crippen molar-refractivity contribution in [1.82, 2.24) is 14.9 Å². The second kappa shape index (κ2) is 4.09. The van der Waals surface area contributed by atoms with Crippen LogP contribution in [0.4, 0.5) is 0 Å². The third-order valence-corrected chi connectivity index (χ3v) is 2.43. The summed E-state index contributed by atoms with van der Waals surface area (Å²) in [6.07, 6.45) is 0.954. The van der Waals surface area contributed by atoms with E-state index in [1.807, 2.05) is 0 Å². The van der Waals surface area contributed by atoms with Gasteiger partial charge in [-0.2, -0.15) is 9.77 Å². The first-order valence-electron chi connectivity index (χ1n) is 3.61. The summed E-state index contributed by atoms with van der Waals surface area (Å²) >= 11 is 0.857. The first-order chi connectivity index (χ1) is 6.52. The van der Waals surface area contributed by atoms with Crippen LogP contribution in [0, 0.1) is 0 Å². The Morgan fingerprint density at radius 3 is 3.00 bits per heavy atom. The average molecular weight is 216 g/mol. The summed E-state index contributed by atoms with van der Waals surface area (Å²) in [6, 6.07) is 0. The lowest BCUT2D eigenvalue weighted by molar-refractivity contribution is -0.136. The highest BCUT2D eigenvalue weighted by atomic mass is 32.2. The third kappa shape index (κ3) is 2.22. The van der Waals surface area contributed by atoms with Gasteiger partial charge >= 0.3 is 5.97 Å². The molecule has 1 atom stereocenters. The van der Waals surface area contributed by atoms with E-state index < -0.39 is 16.8 Å². The van der Waals surface area contributed by atoms with Gasteiger partial charge in [-0.1, -0.05) is 11.8 Å². The summed E-state index contributed by atoms with van der Waals surface area (Å²) in [5.41, 5.74) is -0.528. The van der Waals surface area contributed by atoms with Gasteiger partial charge in [0.2, 0.25) is 5.16 Å². The fourth-order valence-corrected chi connectivity index (χ4v) is 1.34. The number of nitrogens with zero attached hydrogens (tertiary/aromatic N) is 3. The Labute approximate surface area is 82.9 Å². The number of nitrogen functional groups attached to an aromatic ring is 1. The molecule has 1 rings (SSSR count). The van der Waals surface area contributed by atoms with Gasteiger partial charge in [0.25, 0.3) is 5.56 Å². The topological polar surface area (TPSA) is 111 Å². The number of carbonyl (C=O) groups is 1. The van der Waals surface area contributed by atoms with Crippen molar-refractivity contribution in [2.45, 2.75) is 17.3 Å². The van der Waals surface area contributed by atoms with Crippen molar-refractivity contribution in [2.24, 2.45) is 0 Å². The zero-order chi connectivity index (χ0) is 10.7. The van der Waals surface area contributed by atoms with Crippen LogP contribution in [0.15, 0.2) is 16.1 Å². The van der Waals surface area contributed by atoms with Gasteiger partial charge in [0.05, 0.1) is 0 Å². The van der Waals surface area contributed by atoms with Gasteiger partial charge in [0.1, 0.15) is 11.4 Å². The minimum Gasteiger partial charge on any atom is -0.480 e. The van der Waals surface area contributed by atoms with Crippen molar-refractivity contribution < 1.29 is 9.90 Å². The number of nitrogens with two attached hydrogens (primary N) is 1. The molecule has 0 radical (unpaired) electrons. The molecule has 0 aromatic carbocycles. The lowest BCUT2D eigenvalue weighted by Crippen LogP contribution is -2.30. The van der Waals surface area contributed by atoms with Crippen LogP contribution in [-0.4, -0.2) is 31.2 Å². The predicted molar refractivity (Wildman–Crippen MR) is 49.4 cm³/mol. The first kappa shape index (κ1) is 10.5. The Bertz CT molecular complexity index is 404. The molecular weight excluding hydrogens is 208 g/mol. The highest BCUT2D eigenvalue weighted by Crippen LogP contribution is 2.17. The molecule has 0 fully saturated rings. The second-order valence-corrected chi connectivity index (χ2v) is 3.74. The molecule has 8 heteroatoms. The van der Waals surface area contributed by atoms with Crippen LogP contribution >= 0.6 is 11.8 Å². The number of aromatic nitrogens is 3. The van der Waals surface area contributed by atoms with E-state index >= 15 is 0 Å². The van der Waals surface area contributed by atoms with Crippen LogP contribution in [0.2, 0.25) is 0 Å². The van der Waals surface area contributed by atoms with Crippen LogP contribution in [-0.2, 0) is 4.79 Å². The molecule has 0 spiro atoms. The highest BCUT2D eigenvalue weighted by Gasteiger charge is 2.15. The number of hydrogen-bond acceptors (Lipinski definition) is 6. The fourth-order valence-electron chi connectivity index (χ4n) is 0.621. The molecule has 0 amide bonds. The summed E-state index contributed by atoms with van der Waals surface area (Å²) in [6.45, 7) is 1.46. The van der Waals surface area contributed by atoms with Crippen LogP contribution in [0.5, 0.6) is 0 Å². The Morgan fingerprint density at radius 2 is 2.43 bits per heavy atom. The van der Waals surface area contributed by atoms with Gasteiger partial charge in [-0.3, -0.25) is 9.59 Å². The number of carboxylic acids is 1. The van der Waals surface area contributed by atoms with E-state index in [1.54, 1.807) is 0 Å². The van der Waals surface area contributed by atoms with E-state index in [2.05, 4.69) is 10.2 Å². The maximum absolute atomic E-state index is 11.0. The Hall–Kier alpha value is -1.57. The Morgan fingerprint density at radius 1 is 1.79 bits per heavy atom. The van der Waals surface area contributed by atoms with E-state index in [0.717, 1.165) is 22.6 Å². The third-order valence-electron chi connectivity index (χ3n) is 1.38. The summed E-state index contributed by atoms with van der Waals surface area (Å²) < 4.78 is 0.761. The maximum Gasteiger partial charge on any atom is 0.316 e. The number of rotatable bonds is 3. The van der Waals surface area contributed by atoms with Crippen LogP contribution in [0.25, 0.3) is 0 Å². The van der Waals surface area contributed by atoms with Crippen molar-refractivity contribution in [3.05, 3.63) is 16.6 Å². The molecule has 1 unspecified atom stereocenters. The van der Waals surface area contributed by atoms with E-state index in [1.165, 1.54) is 6.92 Å². The van der Waals surface area contributed by atoms with Crippen molar-refractivity contribution >= 4 is 17.7 Å². The Balaban J connectivity index is 2.92. The van der Waals surface area contributed by atoms with Gasteiger partial charge in [-0.25, -0.2) is 0 Å². The molecule has 1 aromatic heterocycles. The van der Waals surface area contributed by atoms with Gasteiger partial charge < -0.3 is 10.9 Å². The smallest absolute Gasteiger partial charge is 0.316 e. The van der Waals surface area contributed by atoms with Crippen LogP contribution < -0.4 is 11.4 Å². The fraction of sp³-hybridized carbons (Fsp3) is 0.333. The molecule has 0 aliphatic rings. The van der Waals surface area contributed by atoms with Crippen molar-refractivity contribution in [2.75, 3.05) is 5.84 Å². The number of aliphatic carboxylic acids is 1. The molecule has 7 nitrogen and oxygen atoms in total. The number of carboxylic acid groups (broad SMARTS) is 1. The van der Waals surface area contributed by atoms with Crippen molar-refractivity contribution in [1.29, 1.82) is 0 Å². The molecular formula is C6H8N4O3S. The minimum absolute atomic E-state index is 0.0763.